The Bertz CT molecular complexity index is 175. The molecule has 3 nitrogen and oxygen atoms in total. The van der Waals surface area contributed by atoms with Gasteiger partial charge >= 0.3 is 5.97 Å². The van der Waals surface area contributed by atoms with Crippen molar-refractivity contribution < 1.29 is 9.90 Å². The van der Waals surface area contributed by atoms with Gasteiger partial charge in [0.25, 0.3) is 0 Å². The molecule has 0 atom stereocenters. The van der Waals surface area contributed by atoms with E-state index in [-0.39, 0.29) is 11.8 Å². The summed E-state index contributed by atoms with van der Waals surface area (Å²) in [5.74, 6) is -0.581. The Morgan fingerprint density at radius 2 is 1.67 bits per heavy atom. The van der Waals surface area contributed by atoms with Crippen LogP contribution in [0.15, 0.2) is 0 Å². The molecule has 68 valence electrons. The highest BCUT2D eigenvalue weighted by atomic mass is 32.1. The largest absolute Gasteiger partial charge is 0.481 e. The predicted molar refractivity (Wildman–Crippen MR) is 49.9 cm³/mol. The van der Waals surface area contributed by atoms with Gasteiger partial charge in [-0.05, 0) is 25.7 Å². The molecule has 0 saturated heterocycles. The second-order valence-electron chi connectivity index (χ2n) is 3.29. The first-order valence-corrected chi connectivity index (χ1v) is 4.54. The lowest BCUT2D eigenvalue weighted by atomic mass is 9.82. The van der Waals surface area contributed by atoms with E-state index in [9.17, 15) is 4.79 Å². The highest BCUT2D eigenvalue weighted by Crippen LogP contribution is 2.28. The summed E-state index contributed by atoms with van der Waals surface area (Å²) < 4.78 is 0. The number of hydrogen-bond donors (Lipinski definition) is 2. The molecule has 1 rings (SSSR count). The predicted octanol–water partition coefficient (Wildman–Crippen LogP) is 1.16. The first kappa shape index (κ1) is 9.45. The van der Waals surface area contributed by atoms with E-state index in [2.05, 4.69) is 0 Å². The van der Waals surface area contributed by atoms with Gasteiger partial charge in [0.15, 0.2) is 0 Å². The van der Waals surface area contributed by atoms with E-state index in [0.29, 0.717) is 4.99 Å². The minimum Gasteiger partial charge on any atom is -0.481 e. The van der Waals surface area contributed by atoms with Crippen molar-refractivity contribution in [1.82, 2.24) is 0 Å². The smallest absolute Gasteiger partial charge is 0.306 e. The molecule has 1 saturated carbocycles. The zero-order valence-electron chi connectivity index (χ0n) is 6.82. The number of carbonyl (C=O) groups is 1. The number of hydrogen-bond acceptors (Lipinski definition) is 2. The van der Waals surface area contributed by atoms with Gasteiger partial charge in [0.05, 0.1) is 10.9 Å². The molecule has 0 aromatic carbocycles. The summed E-state index contributed by atoms with van der Waals surface area (Å²) in [7, 11) is 0. The van der Waals surface area contributed by atoms with Gasteiger partial charge in [0.1, 0.15) is 0 Å². The van der Waals surface area contributed by atoms with E-state index in [1.165, 1.54) is 0 Å². The zero-order valence-corrected chi connectivity index (χ0v) is 7.64. The number of carboxylic acid groups (broad SMARTS) is 1. The molecule has 0 radical (unpaired) electrons. The monoisotopic (exact) mass is 187 g/mol. The van der Waals surface area contributed by atoms with E-state index >= 15 is 0 Å². The standard InChI is InChI=1S/C8H13NO2S/c9-7(12)5-1-3-6(4-2-5)8(10)11/h5-6H,1-4H2,(H2,9,12)(H,10,11). The molecular weight excluding hydrogens is 174 g/mol. The number of aliphatic carboxylic acids is 1. The lowest BCUT2D eigenvalue weighted by Crippen LogP contribution is -2.28. The van der Waals surface area contributed by atoms with Gasteiger partial charge in [-0.1, -0.05) is 12.2 Å². The quantitative estimate of drug-likeness (QED) is 0.637. The molecule has 0 aromatic heterocycles. The molecule has 0 aromatic rings. The molecule has 1 fully saturated rings. The van der Waals surface area contributed by atoms with Crippen molar-refractivity contribution in [3.63, 3.8) is 0 Å². The third-order valence-electron chi connectivity index (χ3n) is 2.48. The second kappa shape index (κ2) is 3.85. The lowest BCUT2D eigenvalue weighted by molar-refractivity contribution is -0.142. The number of rotatable bonds is 2. The van der Waals surface area contributed by atoms with Crippen LogP contribution in [0.1, 0.15) is 25.7 Å². The number of nitrogens with two attached hydrogens (primary N) is 1. The number of carboxylic acids is 1. The Balaban J connectivity index is 2.39. The second-order valence-corrected chi connectivity index (χ2v) is 3.76. The maximum Gasteiger partial charge on any atom is 0.306 e. The van der Waals surface area contributed by atoms with Crippen molar-refractivity contribution in [2.45, 2.75) is 25.7 Å². The average molecular weight is 187 g/mol. The van der Waals surface area contributed by atoms with E-state index in [4.69, 9.17) is 23.1 Å². The van der Waals surface area contributed by atoms with Gasteiger partial charge in [0, 0.05) is 5.92 Å². The van der Waals surface area contributed by atoms with Crippen molar-refractivity contribution in [3.8, 4) is 0 Å². The highest BCUT2D eigenvalue weighted by molar-refractivity contribution is 7.80. The third kappa shape index (κ3) is 2.17. The van der Waals surface area contributed by atoms with Gasteiger partial charge in [-0.3, -0.25) is 4.79 Å². The topological polar surface area (TPSA) is 63.3 Å². The maximum atomic E-state index is 10.6. The van der Waals surface area contributed by atoms with Crippen LogP contribution in [-0.4, -0.2) is 16.1 Å². The molecule has 1 aliphatic carbocycles. The molecule has 0 bridgehead atoms. The first-order valence-electron chi connectivity index (χ1n) is 4.13. The Morgan fingerprint density at radius 3 is 2.00 bits per heavy atom. The minimum atomic E-state index is -0.684. The Morgan fingerprint density at radius 1 is 1.25 bits per heavy atom. The Kier molecular flexibility index (Phi) is 3.03. The van der Waals surface area contributed by atoms with E-state index in [0.717, 1.165) is 25.7 Å². The van der Waals surface area contributed by atoms with Crippen LogP contribution in [0.5, 0.6) is 0 Å². The van der Waals surface area contributed by atoms with Crippen molar-refractivity contribution in [2.75, 3.05) is 0 Å². The van der Waals surface area contributed by atoms with Gasteiger partial charge in [-0.15, -0.1) is 0 Å². The minimum absolute atomic E-state index is 0.171. The molecule has 0 spiro atoms. The van der Waals surface area contributed by atoms with Gasteiger partial charge in [0.2, 0.25) is 0 Å². The normalized spacial score (nSPS) is 29.7. The molecule has 0 aliphatic heterocycles. The fourth-order valence-electron chi connectivity index (χ4n) is 1.62. The van der Waals surface area contributed by atoms with Crippen LogP contribution in [0.25, 0.3) is 0 Å². The van der Waals surface area contributed by atoms with Crippen LogP contribution >= 0.6 is 12.2 Å². The van der Waals surface area contributed by atoms with E-state index in [1.54, 1.807) is 0 Å². The Hall–Kier alpha value is -0.640. The molecule has 12 heavy (non-hydrogen) atoms. The van der Waals surface area contributed by atoms with Gasteiger partial charge < -0.3 is 10.8 Å². The van der Waals surface area contributed by atoms with E-state index in [1.807, 2.05) is 0 Å². The summed E-state index contributed by atoms with van der Waals surface area (Å²) in [5.41, 5.74) is 5.47. The highest BCUT2D eigenvalue weighted by Gasteiger charge is 2.26. The molecule has 1 aliphatic rings. The molecule has 3 N–H and O–H groups in total. The van der Waals surface area contributed by atoms with Crippen LogP contribution in [0.4, 0.5) is 0 Å². The summed E-state index contributed by atoms with van der Waals surface area (Å²) >= 11 is 4.85. The van der Waals surface area contributed by atoms with Gasteiger partial charge in [-0.2, -0.15) is 0 Å². The lowest BCUT2D eigenvalue weighted by Gasteiger charge is -2.24. The summed E-state index contributed by atoms with van der Waals surface area (Å²) in [5, 5.41) is 8.70. The molecular formula is C8H13NO2S. The van der Waals surface area contributed by atoms with Crippen LogP contribution in [0.2, 0.25) is 0 Å². The summed E-state index contributed by atoms with van der Waals surface area (Å²) in [4.78, 5) is 11.1. The average Bonchev–Trinajstić information content (AvgIpc) is 2.04. The molecule has 0 amide bonds. The van der Waals surface area contributed by atoms with Crippen LogP contribution in [0.3, 0.4) is 0 Å². The van der Waals surface area contributed by atoms with Crippen LogP contribution < -0.4 is 5.73 Å². The fraction of sp³-hybridized carbons (Fsp3) is 0.750. The van der Waals surface area contributed by atoms with E-state index < -0.39 is 5.97 Å². The summed E-state index contributed by atoms with van der Waals surface area (Å²) in [6.45, 7) is 0. The van der Waals surface area contributed by atoms with Gasteiger partial charge in [-0.25, -0.2) is 0 Å². The summed E-state index contributed by atoms with van der Waals surface area (Å²) in [6.07, 6.45) is 3.12. The van der Waals surface area contributed by atoms with Crippen molar-refractivity contribution in [3.05, 3.63) is 0 Å². The SMILES string of the molecule is NC(=S)C1CCC(C(=O)O)CC1. The maximum absolute atomic E-state index is 10.6. The van der Waals surface area contributed by atoms with Crippen LogP contribution in [-0.2, 0) is 4.79 Å². The van der Waals surface area contributed by atoms with Crippen molar-refractivity contribution in [2.24, 2.45) is 17.6 Å². The first-order chi connectivity index (χ1) is 5.61. The molecule has 4 heteroatoms. The fourth-order valence-corrected chi connectivity index (χ4v) is 1.86. The summed E-state index contributed by atoms with van der Waals surface area (Å²) in [6, 6.07) is 0. The Labute approximate surface area is 76.9 Å². The number of thiocarbonyl (C=S) groups is 1. The van der Waals surface area contributed by atoms with Crippen molar-refractivity contribution >= 4 is 23.2 Å². The molecule has 0 heterocycles. The van der Waals surface area contributed by atoms with Crippen molar-refractivity contribution in [1.29, 1.82) is 0 Å². The molecule has 0 unspecified atom stereocenters. The third-order valence-corrected chi connectivity index (χ3v) is 2.81. The zero-order chi connectivity index (χ0) is 9.14. The van der Waals surface area contributed by atoms with Crippen LogP contribution in [0, 0.1) is 11.8 Å².